The maximum absolute atomic E-state index is 12.3. The number of carbonyl (C=O) groups excluding carboxylic acids is 1. The molecule has 1 amide bonds. The quantitative estimate of drug-likeness (QED) is 0.830. The van der Waals surface area contributed by atoms with Crippen molar-refractivity contribution in [2.45, 2.75) is 56.9 Å². The van der Waals surface area contributed by atoms with Crippen LogP contribution in [0.1, 0.15) is 39.5 Å². The molecule has 2 N–H and O–H groups in total. The Morgan fingerprint density at radius 2 is 1.79 bits per heavy atom. The molecule has 1 saturated carbocycles. The van der Waals surface area contributed by atoms with E-state index in [0.29, 0.717) is 6.42 Å². The normalized spacial score (nSPS) is 27.6. The number of nitrogens with two attached hydrogens (primary N) is 1. The molecular weight excluding hydrogens is 264 g/mol. The Kier molecular flexibility index (Phi) is 5.38. The van der Waals surface area contributed by atoms with Crippen molar-refractivity contribution in [2.75, 3.05) is 13.3 Å². The minimum atomic E-state index is -3.12. The second-order valence-electron chi connectivity index (χ2n) is 5.82. The SMILES string of the molecule is CC(N)C(C)C(=O)N(C)C1CCCCC1S(C)(=O)=O. The lowest BCUT2D eigenvalue weighted by molar-refractivity contribution is -0.136. The summed E-state index contributed by atoms with van der Waals surface area (Å²) in [5.41, 5.74) is 5.76. The Labute approximate surface area is 116 Å². The molecule has 19 heavy (non-hydrogen) atoms. The van der Waals surface area contributed by atoms with Gasteiger partial charge < -0.3 is 10.6 Å². The van der Waals surface area contributed by atoms with E-state index in [4.69, 9.17) is 5.73 Å². The van der Waals surface area contributed by atoms with Gasteiger partial charge in [-0.25, -0.2) is 8.42 Å². The predicted molar refractivity (Wildman–Crippen MR) is 76.5 cm³/mol. The van der Waals surface area contributed by atoms with Crippen LogP contribution in [0.4, 0.5) is 0 Å². The molecule has 0 bridgehead atoms. The van der Waals surface area contributed by atoms with Gasteiger partial charge in [0.1, 0.15) is 0 Å². The van der Waals surface area contributed by atoms with Crippen molar-refractivity contribution < 1.29 is 13.2 Å². The van der Waals surface area contributed by atoms with Crippen LogP contribution in [0.15, 0.2) is 0 Å². The second-order valence-corrected chi connectivity index (χ2v) is 8.08. The van der Waals surface area contributed by atoms with E-state index in [0.717, 1.165) is 19.3 Å². The standard InChI is InChI=1S/C13H26N2O3S/c1-9(10(2)14)13(16)15(3)11-7-5-6-8-12(11)19(4,17)18/h9-12H,5-8,14H2,1-4H3. The van der Waals surface area contributed by atoms with Crippen LogP contribution in [0.25, 0.3) is 0 Å². The van der Waals surface area contributed by atoms with Crippen molar-refractivity contribution in [3.8, 4) is 0 Å². The molecule has 0 aromatic heterocycles. The van der Waals surface area contributed by atoms with Crippen LogP contribution < -0.4 is 5.73 Å². The summed E-state index contributed by atoms with van der Waals surface area (Å²) < 4.78 is 23.7. The van der Waals surface area contributed by atoms with E-state index < -0.39 is 15.1 Å². The number of carbonyl (C=O) groups is 1. The number of sulfone groups is 1. The van der Waals surface area contributed by atoms with Crippen LogP contribution in [0.2, 0.25) is 0 Å². The first-order chi connectivity index (χ1) is 8.66. The molecular formula is C13H26N2O3S. The topological polar surface area (TPSA) is 80.5 Å². The molecule has 0 aliphatic heterocycles. The van der Waals surface area contributed by atoms with E-state index in [1.54, 1.807) is 25.8 Å². The number of rotatable bonds is 4. The van der Waals surface area contributed by atoms with Gasteiger partial charge in [0.2, 0.25) is 5.91 Å². The molecule has 4 atom stereocenters. The average molecular weight is 290 g/mol. The number of nitrogens with zero attached hydrogens (tertiary/aromatic N) is 1. The highest BCUT2D eigenvalue weighted by Crippen LogP contribution is 2.28. The first kappa shape index (κ1) is 16.4. The Hall–Kier alpha value is -0.620. The van der Waals surface area contributed by atoms with Gasteiger partial charge in [0.15, 0.2) is 9.84 Å². The zero-order valence-electron chi connectivity index (χ0n) is 12.3. The number of hydrogen-bond donors (Lipinski definition) is 1. The Morgan fingerprint density at radius 3 is 2.26 bits per heavy atom. The fourth-order valence-electron chi connectivity index (χ4n) is 2.73. The van der Waals surface area contributed by atoms with Crippen LogP contribution in [-0.4, -0.2) is 49.9 Å². The molecule has 1 aliphatic carbocycles. The fraction of sp³-hybridized carbons (Fsp3) is 0.923. The molecule has 112 valence electrons. The van der Waals surface area contributed by atoms with E-state index >= 15 is 0 Å². The lowest BCUT2D eigenvalue weighted by Crippen LogP contribution is -2.52. The Bertz CT molecular complexity index is 420. The van der Waals surface area contributed by atoms with Gasteiger partial charge in [-0.05, 0) is 19.8 Å². The molecule has 0 saturated heterocycles. The molecule has 1 rings (SSSR count). The molecule has 0 aromatic rings. The van der Waals surface area contributed by atoms with Crippen LogP contribution in [0, 0.1) is 5.92 Å². The van der Waals surface area contributed by atoms with Gasteiger partial charge in [0, 0.05) is 25.4 Å². The van der Waals surface area contributed by atoms with Gasteiger partial charge >= 0.3 is 0 Å². The van der Waals surface area contributed by atoms with Gasteiger partial charge in [-0.1, -0.05) is 19.8 Å². The van der Waals surface area contributed by atoms with Crippen molar-refractivity contribution in [3.63, 3.8) is 0 Å². The van der Waals surface area contributed by atoms with Crippen LogP contribution >= 0.6 is 0 Å². The van der Waals surface area contributed by atoms with Crippen molar-refractivity contribution in [2.24, 2.45) is 11.7 Å². The molecule has 0 spiro atoms. The summed E-state index contributed by atoms with van der Waals surface area (Å²) in [7, 11) is -1.42. The Balaban J connectivity index is 2.89. The average Bonchev–Trinajstić information content (AvgIpc) is 2.35. The van der Waals surface area contributed by atoms with E-state index in [1.807, 2.05) is 0 Å². The molecule has 5 nitrogen and oxygen atoms in total. The zero-order valence-corrected chi connectivity index (χ0v) is 13.1. The highest BCUT2D eigenvalue weighted by molar-refractivity contribution is 7.91. The van der Waals surface area contributed by atoms with Crippen molar-refractivity contribution in [3.05, 3.63) is 0 Å². The highest BCUT2D eigenvalue weighted by Gasteiger charge is 2.38. The minimum Gasteiger partial charge on any atom is -0.341 e. The third-order valence-corrected chi connectivity index (χ3v) is 5.89. The van der Waals surface area contributed by atoms with Gasteiger partial charge in [-0.2, -0.15) is 0 Å². The summed E-state index contributed by atoms with van der Waals surface area (Å²) in [4.78, 5) is 13.9. The summed E-state index contributed by atoms with van der Waals surface area (Å²) >= 11 is 0. The van der Waals surface area contributed by atoms with E-state index in [2.05, 4.69) is 0 Å². The van der Waals surface area contributed by atoms with Crippen molar-refractivity contribution >= 4 is 15.7 Å². The van der Waals surface area contributed by atoms with Crippen LogP contribution in [-0.2, 0) is 14.6 Å². The lowest BCUT2D eigenvalue weighted by atomic mass is 9.92. The Morgan fingerprint density at radius 1 is 1.26 bits per heavy atom. The lowest BCUT2D eigenvalue weighted by Gasteiger charge is -2.38. The minimum absolute atomic E-state index is 0.0597. The van der Waals surface area contributed by atoms with E-state index in [9.17, 15) is 13.2 Å². The first-order valence-corrected chi connectivity index (χ1v) is 8.82. The maximum Gasteiger partial charge on any atom is 0.226 e. The van der Waals surface area contributed by atoms with Crippen LogP contribution in [0.5, 0.6) is 0 Å². The summed E-state index contributed by atoms with van der Waals surface area (Å²) in [6, 6.07) is -0.437. The monoisotopic (exact) mass is 290 g/mol. The van der Waals surface area contributed by atoms with Gasteiger partial charge in [0.05, 0.1) is 11.2 Å². The number of amides is 1. The zero-order chi connectivity index (χ0) is 14.8. The molecule has 4 unspecified atom stereocenters. The first-order valence-electron chi connectivity index (χ1n) is 6.87. The summed E-state index contributed by atoms with van der Waals surface area (Å²) in [5.74, 6) is -0.345. The third-order valence-electron chi connectivity index (χ3n) is 4.24. The molecule has 0 aromatic carbocycles. The van der Waals surface area contributed by atoms with E-state index in [-0.39, 0.29) is 23.9 Å². The smallest absolute Gasteiger partial charge is 0.226 e. The molecule has 1 aliphatic rings. The second kappa shape index (κ2) is 6.22. The van der Waals surface area contributed by atoms with Gasteiger partial charge in [-0.15, -0.1) is 0 Å². The molecule has 1 fully saturated rings. The summed E-state index contributed by atoms with van der Waals surface area (Å²) in [6.45, 7) is 3.59. The largest absolute Gasteiger partial charge is 0.341 e. The number of hydrogen-bond acceptors (Lipinski definition) is 4. The molecule has 0 radical (unpaired) electrons. The van der Waals surface area contributed by atoms with Gasteiger partial charge in [0.25, 0.3) is 0 Å². The molecule has 0 heterocycles. The van der Waals surface area contributed by atoms with Crippen molar-refractivity contribution in [1.82, 2.24) is 4.90 Å². The maximum atomic E-state index is 12.3. The highest BCUT2D eigenvalue weighted by atomic mass is 32.2. The summed E-state index contributed by atoms with van der Waals surface area (Å²) in [6.07, 6.45) is 4.56. The van der Waals surface area contributed by atoms with E-state index in [1.165, 1.54) is 6.26 Å². The fourth-order valence-corrected chi connectivity index (χ4v) is 4.21. The summed E-state index contributed by atoms with van der Waals surface area (Å²) in [5, 5.41) is -0.435. The van der Waals surface area contributed by atoms with Gasteiger partial charge in [-0.3, -0.25) is 4.79 Å². The van der Waals surface area contributed by atoms with Crippen LogP contribution in [0.3, 0.4) is 0 Å². The predicted octanol–water partition coefficient (Wildman–Crippen LogP) is 0.784. The third kappa shape index (κ3) is 3.92. The molecule has 6 heteroatoms. The van der Waals surface area contributed by atoms with Crippen molar-refractivity contribution in [1.29, 1.82) is 0 Å².